The van der Waals surface area contributed by atoms with Gasteiger partial charge in [-0.25, -0.2) is 0 Å². The zero-order chi connectivity index (χ0) is 33.2. The van der Waals surface area contributed by atoms with Crippen LogP contribution in [0.3, 0.4) is 0 Å². The van der Waals surface area contributed by atoms with Crippen molar-refractivity contribution in [3.63, 3.8) is 0 Å². The first-order valence-electron chi connectivity index (χ1n) is 19.4. The van der Waals surface area contributed by atoms with Gasteiger partial charge in [-0.2, -0.15) is 0 Å². The van der Waals surface area contributed by atoms with Crippen molar-refractivity contribution >= 4 is 17.9 Å². The molecule has 0 aliphatic rings. The maximum atomic E-state index is 12.3. The van der Waals surface area contributed by atoms with E-state index in [1.54, 1.807) is 13.8 Å². The van der Waals surface area contributed by atoms with Crippen molar-refractivity contribution in [1.29, 1.82) is 0 Å². The molecule has 0 spiro atoms. The molecule has 0 N–H and O–H groups in total. The number of carbonyl (C=O) groups is 3. The lowest BCUT2D eigenvalue weighted by molar-refractivity contribution is -0.169. The molecule has 0 radical (unpaired) electrons. The molecule has 0 aliphatic carbocycles. The maximum Gasteiger partial charge on any atom is 0.308 e. The van der Waals surface area contributed by atoms with Crippen LogP contribution in [0, 0.1) is 5.92 Å². The second-order valence-electron chi connectivity index (χ2n) is 13.6. The molecule has 0 heterocycles. The molecule has 0 rings (SSSR count). The fraction of sp³-hybridized carbons (Fsp3) is 0.923. The lowest BCUT2D eigenvalue weighted by Gasteiger charge is -2.19. The Balaban J connectivity index is 3.93. The van der Waals surface area contributed by atoms with Crippen molar-refractivity contribution in [2.24, 2.45) is 5.92 Å². The lowest BCUT2D eigenvalue weighted by Crippen LogP contribution is -2.32. The number of ether oxygens (including phenoxy) is 3. The van der Waals surface area contributed by atoms with Gasteiger partial charge in [0.15, 0.2) is 6.10 Å². The Hall–Kier alpha value is -1.59. The summed E-state index contributed by atoms with van der Waals surface area (Å²) in [6.07, 6.45) is 32.6. The first-order chi connectivity index (χ1) is 21.9. The molecular weight excluding hydrogens is 564 g/mol. The van der Waals surface area contributed by atoms with Crippen molar-refractivity contribution in [1.82, 2.24) is 0 Å². The van der Waals surface area contributed by atoms with E-state index in [1.165, 1.54) is 128 Å². The second-order valence-corrected chi connectivity index (χ2v) is 13.6. The topological polar surface area (TPSA) is 78.9 Å². The minimum absolute atomic E-state index is 0.0816. The van der Waals surface area contributed by atoms with Crippen molar-refractivity contribution in [3.8, 4) is 0 Å². The Bertz CT molecular complexity index is 630. The van der Waals surface area contributed by atoms with Gasteiger partial charge in [0.05, 0.1) is 5.92 Å². The molecule has 0 aliphatic heterocycles. The normalized spacial score (nSPS) is 11.3. The van der Waals surface area contributed by atoms with Gasteiger partial charge in [0, 0.05) is 12.8 Å². The predicted octanol–water partition coefficient (Wildman–Crippen LogP) is 11.6. The van der Waals surface area contributed by atoms with E-state index in [0.29, 0.717) is 12.8 Å². The molecule has 266 valence electrons. The monoisotopic (exact) mass is 639 g/mol. The molecule has 0 bridgehead atoms. The summed E-state index contributed by atoms with van der Waals surface area (Å²) in [4.78, 5) is 36.7. The third-order valence-corrected chi connectivity index (χ3v) is 8.58. The zero-order valence-corrected chi connectivity index (χ0v) is 30.3. The van der Waals surface area contributed by atoms with Gasteiger partial charge in [-0.1, -0.05) is 182 Å². The highest BCUT2D eigenvalue weighted by Crippen LogP contribution is 2.15. The van der Waals surface area contributed by atoms with E-state index in [1.807, 2.05) is 0 Å². The molecular formula is C39H74O6. The standard InChI is InChI=1S/C39H74O6/c1-5-7-9-11-13-15-17-19-21-23-25-27-29-31-37(40)43-33-36(45-39(42)35(3)4)34-44-38(41)32-30-28-26-24-22-20-18-16-14-12-10-8-6-2/h35-36H,5-34H2,1-4H3. The summed E-state index contributed by atoms with van der Waals surface area (Å²) in [6.45, 7) is 7.85. The van der Waals surface area contributed by atoms with E-state index < -0.39 is 6.10 Å². The van der Waals surface area contributed by atoms with Crippen LogP contribution in [0.2, 0.25) is 0 Å². The molecule has 6 nitrogen and oxygen atoms in total. The number of hydrogen-bond donors (Lipinski definition) is 0. The van der Waals surface area contributed by atoms with Gasteiger partial charge in [-0.15, -0.1) is 0 Å². The third-order valence-electron chi connectivity index (χ3n) is 8.58. The van der Waals surface area contributed by atoms with Crippen LogP contribution < -0.4 is 0 Å². The predicted molar refractivity (Wildman–Crippen MR) is 187 cm³/mol. The highest BCUT2D eigenvalue weighted by molar-refractivity contribution is 5.72. The van der Waals surface area contributed by atoms with Crippen LogP contribution in [-0.2, 0) is 28.6 Å². The van der Waals surface area contributed by atoms with E-state index >= 15 is 0 Å². The number of hydrogen-bond acceptors (Lipinski definition) is 6. The summed E-state index contributed by atoms with van der Waals surface area (Å²) in [5, 5.41) is 0. The molecule has 0 unspecified atom stereocenters. The van der Waals surface area contributed by atoms with Gasteiger partial charge in [0.25, 0.3) is 0 Å². The fourth-order valence-corrected chi connectivity index (χ4v) is 5.51. The number of unbranched alkanes of at least 4 members (excludes halogenated alkanes) is 24. The molecule has 6 heteroatoms. The van der Waals surface area contributed by atoms with Crippen LogP contribution in [-0.4, -0.2) is 37.2 Å². The van der Waals surface area contributed by atoms with Crippen LogP contribution in [0.5, 0.6) is 0 Å². The van der Waals surface area contributed by atoms with E-state index in [-0.39, 0.29) is 37.0 Å². The fourth-order valence-electron chi connectivity index (χ4n) is 5.51. The molecule has 0 saturated heterocycles. The van der Waals surface area contributed by atoms with Crippen molar-refractivity contribution in [2.45, 2.75) is 214 Å². The van der Waals surface area contributed by atoms with E-state index in [9.17, 15) is 14.4 Å². The number of carbonyl (C=O) groups excluding carboxylic acids is 3. The van der Waals surface area contributed by atoms with Crippen molar-refractivity contribution in [3.05, 3.63) is 0 Å². The van der Waals surface area contributed by atoms with Gasteiger partial charge in [0.2, 0.25) is 0 Å². The maximum absolute atomic E-state index is 12.3. The zero-order valence-electron chi connectivity index (χ0n) is 30.3. The lowest BCUT2D eigenvalue weighted by atomic mass is 10.0. The number of esters is 3. The minimum Gasteiger partial charge on any atom is -0.462 e. The average Bonchev–Trinajstić information content (AvgIpc) is 3.02. The molecule has 45 heavy (non-hydrogen) atoms. The Kier molecular flexibility index (Phi) is 32.6. The highest BCUT2D eigenvalue weighted by atomic mass is 16.6. The molecule has 0 aromatic heterocycles. The SMILES string of the molecule is CCCCCCCCCCCCCCCC(=O)OCC(COC(=O)CCCCCCCCCCCCCCC)OC(=O)C(C)C. The summed E-state index contributed by atoms with van der Waals surface area (Å²) in [5.74, 6) is -1.28. The molecule has 0 aromatic carbocycles. The molecule has 0 aromatic rings. The Morgan fingerprint density at radius 1 is 0.422 bits per heavy atom. The summed E-state index contributed by atoms with van der Waals surface area (Å²) in [7, 11) is 0. The number of rotatable bonds is 34. The Labute approximate surface area is 278 Å². The second kappa shape index (κ2) is 33.8. The average molecular weight is 639 g/mol. The smallest absolute Gasteiger partial charge is 0.308 e. The van der Waals surface area contributed by atoms with Gasteiger partial charge in [-0.3, -0.25) is 14.4 Å². The summed E-state index contributed by atoms with van der Waals surface area (Å²) < 4.78 is 16.3. The van der Waals surface area contributed by atoms with Crippen LogP contribution in [0.1, 0.15) is 207 Å². The van der Waals surface area contributed by atoms with E-state index in [0.717, 1.165) is 38.5 Å². The van der Waals surface area contributed by atoms with Gasteiger partial charge in [0.1, 0.15) is 13.2 Å². The van der Waals surface area contributed by atoms with E-state index in [4.69, 9.17) is 14.2 Å². The van der Waals surface area contributed by atoms with E-state index in [2.05, 4.69) is 13.8 Å². The molecule has 0 fully saturated rings. The van der Waals surface area contributed by atoms with Crippen LogP contribution in [0.4, 0.5) is 0 Å². The summed E-state index contributed by atoms with van der Waals surface area (Å²) in [5.41, 5.74) is 0. The Morgan fingerprint density at radius 2 is 0.689 bits per heavy atom. The first-order valence-corrected chi connectivity index (χ1v) is 19.4. The van der Waals surface area contributed by atoms with Crippen LogP contribution in [0.25, 0.3) is 0 Å². The summed E-state index contributed by atoms with van der Waals surface area (Å²) in [6, 6.07) is 0. The molecule has 0 atom stereocenters. The first kappa shape index (κ1) is 43.4. The van der Waals surface area contributed by atoms with Crippen molar-refractivity contribution < 1.29 is 28.6 Å². The third kappa shape index (κ3) is 32.2. The van der Waals surface area contributed by atoms with Gasteiger partial charge < -0.3 is 14.2 Å². The van der Waals surface area contributed by atoms with Crippen molar-refractivity contribution in [2.75, 3.05) is 13.2 Å². The molecule has 0 saturated carbocycles. The minimum atomic E-state index is -0.772. The van der Waals surface area contributed by atoms with Crippen LogP contribution in [0.15, 0.2) is 0 Å². The quantitative estimate of drug-likeness (QED) is 0.0396. The largest absolute Gasteiger partial charge is 0.462 e. The Morgan fingerprint density at radius 3 is 0.956 bits per heavy atom. The van der Waals surface area contributed by atoms with Crippen LogP contribution >= 0.6 is 0 Å². The van der Waals surface area contributed by atoms with Gasteiger partial charge in [-0.05, 0) is 12.8 Å². The molecule has 0 amide bonds. The highest BCUT2D eigenvalue weighted by Gasteiger charge is 2.21. The summed E-state index contributed by atoms with van der Waals surface area (Å²) >= 11 is 0. The van der Waals surface area contributed by atoms with Gasteiger partial charge >= 0.3 is 17.9 Å².